The lowest BCUT2D eigenvalue weighted by Gasteiger charge is -2.47. The summed E-state index contributed by atoms with van der Waals surface area (Å²) in [5, 5.41) is 11.3. The molecular weight excluding hydrogens is 438 g/mol. The van der Waals surface area contributed by atoms with Crippen molar-refractivity contribution >= 4 is 30.3 Å². The number of hydrogen-bond donors (Lipinski definition) is 1. The maximum Gasteiger partial charge on any atom is 0.261 e. The van der Waals surface area contributed by atoms with Crippen LogP contribution in [0.15, 0.2) is 85.1 Å². The van der Waals surface area contributed by atoms with E-state index in [2.05, 4.69) is 96.5 Å². The minimum absolute atomic E-state index is 0.00646. The van der Waals surface area contributed by atoms with Gasteiger partial charge in [-0.2, -0.15) is 0 Å². The molecule has 1 aliphatic heterocycles. The molecule has 1 aliphatic rings. The zero-order valence-electron chi connectivity index (χ0n) is 20.1. The highest BCUT2D eigenvalue weighted by molar-refractivity contribution is 6.99. The van der Waals surface area contributed by atoms with Crippen molar-refractivity contribution in [1.82, 2.24) is 14.6 Å². The number of nitrogens with zero attached hydrogens (tertiary/aromatic N) is 4. The van der Waals surface area contributed by atoms with Crippen molar-refractivity contribution in [2.75, 3.05) is 18.0 Å². The molecule has 0 radical (unpaired) electrons. The first-order valence-electron chi connectivity index (χ1n) is 12.0. The Morgan fingerprint density at radius 2 is 1.47 bits per heavy atom. The lowest BCUT2D eigenvalue weighted by Crippen LogP contribution is -2.69. The molecule has 34 heavy (non-hydrogen) atoms. The van der Waals surface area contributed by atoms with Gasteiger partial charge in [-0.25, -0.2) is 0 Å². The van der Waals surface area contributed by atoms with Gasteiger partial charge in [0.05, 0.1) is 6.10 Å². The predicted molar refractivity (Wildman–Crippen MR) is 140 cm³/mol. The van der Waals surface area contributed by atoms with Crippen molar-refractivity contribution in [3.8, 4) is 0 Å². The van der Waals surface area contributed by atoms with Crippen LogP contribution in [0.5, 0.6) is 0 Å². The summed E-state index contributed by atoms with van der Waals surface area (Å²) < 4.78 is 9.41. The summed E-state index contributed by atoms with van der Waals surface area (Å²) in [5.41, 5.74) is 7.44. The van der Waals surface area contributed by atoms with Gasteiger partial charge >= 0.3 is 0 Å². The Hall–Kier alpha value is -3.00. The summed E-state index contributed by atoms with van der Waals surface area (Å²) in [5.74, 6) is 0.821. The van der Waals surface area contributed by atoms with E-state index in [1.165, 1.54) is 10.4 Å². The Morgan fingerprint density at radius 3 is 2.09 bits per heavy atom. The van der Waals surface area contributed by atoms with Gasteiger partial charge in [0, 0.05) is 25.3 Å². The van der Waals surface area contributed by atoms with Crippen LogP contribution in [-0.2, 0) is 4.43 Å². The van der Waals surface area contributed by atoms with Crippen LogP contribution in [0.4, 0.5) is 5.95 Å². The number of anilines is 1. The first-order valence-corrected chi connectivity index (χ1v) is 13.9. The molecule has 7 heteroatoms. The summed E-state index contributed by atoms with van der Waals surface area (Å²) in [6, 6.07) is 27.5. The van der Waals surface area contributed by atoms with E-state index in [1.807, 2.05) is 28.8 Å². The van der Waals surface area contributed by atoms with Crippen LogP contribution in [0, 0.1) is 0 Å². The van der Waals surface area contributed by atoms with Gasteiger partial charge in [-0.15, -0.1) is 10.2 Å². The predicted octanol–water partition coefficient (Wildman–Crippen LogP) is 3.21. The van der Waals surface area contributed by atoms with Crippen molar-refractivity contribution in [1.29, 1.82) is 0 Å². The maximum absolute atomic E-state index is 7.39. The van der Waals surface area contributed by atoms with Crippen molar-refractivity contribution in [3.63, 3.8) is 0 Å². The normalized spacial score (nSPS) is 19.5. The van der Waals surface area contributed by atoms with E-state index in [-0.39, 0.29) is 17.2 Å². The second-order valence-corrected chi connectivity index (χ2v) is 14.5. The second kappa shape index (κ2) is 8.98. The fourth-order valence-corrected chi connectivity index (χ4v) is 10.0. The summed E-state index contributed by atoms with van der Waals surface area (Å²) >= 11 is 0. The van der Waals surface area contributed by atoms with Crippen molar-refractivity contribution in [2.45, 2.75) is 44.4 Å². The third-order valence-corrected chi connectivity index (χ3v) is 11.9. The van der Waals surface area contributed by atoms with Gasteiger partial charge in [-0.05, 0) is 34.0 Å². The van der Waals surface area contributed by atoms with Gasteiger partial charge in [0.2, 0.25) is 5.95 Å². The molecule has 0 unspecified atom stereocenters. The molecule has 6 nitrogen and oxygen atoms in total. The van der Waals surface area contributed by atoms with Crippen molar-refractivity contribution < 1.29 is 4.43 Å². The number of pyridine rings is 1. The average Bonchev–Trinajstić information content (AvgIpc) is 3.27. The molecule has 1 fully saturated rings. The molecule has 0 saturated carbocycles. The monoisotopic (exact) mass is 471 g/mol. The Kier molecular flexibility index (Phi) is 6.01. The average molecular weight is 472 g/mol. The molecule has 176 valence electrons. The van der Waals surface area contributed by atoms with E-state index in [0.717, 1.165) is 31.1 Å². The number of fused-ring (bicyclic) bond motifs is 1. The Labute approximate surface area is 202 Å². The van der Waals surface area contributed by atoms with E-state index in [1.54, 1.807) is 0 Å². The van der Waals surface area contributed by atoms with E-state index < -0.39 is 8.32 Å². The molecule has 2 N–H and O–H groups in total. The highest BCUT2D eigenvalue weighted by Gasteiger charge is 2.52. The maximum atomic E-state index is 7.39. The highest BCUT2D eigenvalue weighted by Crippen LogP contribution is 2.38. The minimum Gasteiger partial charge on any atom is -0.403 e. The van der Waals surface area contributed by atoms with Gasteiger partial charge in [-0.3, -0.25) is 4.40 Å². The standard InChI is InChI=1S/C27H33N5OSi/c1-27(2,3)34(23-12-6-4-7-13-23,24-14-8-5-9-15-24)33-22-18-21(28)19-31(20-22)26-30-29-25-16-10-11-17-32(25)26/h4-17,21-22H,18-20,28H2,1-3H3/t21-,22-/m1/s1. The van der Waals surface area contributed by atoms with E-state index in [9.17, 15) is 0 Å². The summed E-state index contributed by atoms with van der Waals surface area (Å²) in [6.45, 7) is 8.40. The summed E-state index contributed by atoms with van der Waals surface area (Å²) in [6.07, 6.45) is 2.80. The van der Waals surface area contributed by atoms with Crippen molar-refractivity contribution in [2.24, 2.45) is 5.73 Å². The summed E-state index contributed by atoms with van der Waals surface area (Å²) in [7, 11) is -2.66. The number of hydrogen-bond acceptors (Lipinski definition) is 5. The van der Waals surface area contributed by atoms with Gasteiger partial charge < -0.3 is 15.1 Å². The largest absolute Gasteiger partial charge is 0.403 e. The van der Waals surface area contributed by atoms with Crippen LogP contribution in [0.3, 0.4) is 0 Å². The van der Waals surface area contributed by atoms with Crippen LogP contribution < -0.4 is 21.0 Å². The zero-order chi connectivity index (χ0) is 23.8. The molecule has 0 amide bonds. The molecule has 2 aromatic carbocycles. The van der Waals surface area contributed by atoms with Gasteiger partial charge in [0.25, 0.3) is 8.32 Å². The second-order valence-electron chi connectivity index (χ2n) is 10.2. The third kappa shape index (κ3) is 4.04. The fraction of sp³-hybridized carbons (Fsp3) is 0.333. The summed E-state index contributed by atoms with van der Waals surface area (Å²) in [4.78, 5) is 2.23. The molecule has 1 saturated heterocycles. The molecule has 3 heterocycles. The lowest BCUT2D eigenvalue weighted by atomic mass is 10.0. The molecule has 0 spiro atoms. The number of aromatic nitrogens is 3. The van der Waals surface area contributed by atoms with Crippen molar-refractivity contribution in [3.05, 3.63) is 85.1 Å². The smallest absolute Gasteiger partial charge is 0.261 e. The van der Waals surface area contributed by atoms with Crippen LogP contribution in [0.2, 0.25) is 5.04 Å². The van der Waals surface area contributed by atoms with E-state index >= 15 is 0 Å². The van der Waals surface area contributed by atoms with Gasteiger partial charge in [-0.1, -0.05) is 87.5 Å². The SMILES string of the molecule is CC(C)(C)[Si](O[C@@H]1C[C@@H](N)CN(c2nnc3ccccn23)C1)(c1ccccc1)c1ccccc1. The highest BCUT2D eigenvalue weighted by atomic mass is 28.4. The Balaban J connectivity index is 1.56. The molecule has 4 aromatic rings. The number of benzene rings is 2. The van der Waals surface area contributed by atoms with Gasteiger partial charge in [0.15, 0.2) is 5.65 Å². The lowest BCUT2D eigenvalue weighted by molar-refractivity contribution is 0.157. The molecule has 0 aliphatic carbocycles. The van der Waals surface area contributed by atoms with Crippen LogP contribution >= 0.6 is 0 Å². The zero-order valence-corrected chi connectivity index (χ0v) is 21.1. The van der Waals surface area contributed by atoms with E-state index in [4.69, 9.17) is 10.2 Å². The van der Waals surface area contributed by atoms with Gasteiger partial charge in [0.1, 0.15) is 0 Å². The van der Waals surface area contributed by atoms with Crippen LogP contribution in [0.25, 0.3) is 5.65 Å². The number of nitrogens with two attached hydrogens (primary N) is 1. The molecule has 2 atom stereocenters. The first-order chi connectivity index (χ1) is 16.4. The molecule has 2 aromatic heterocycles. The number of piperidine rings is 1. The Bertz CT molecular complexity index is 1200. The van der Waals surface area contributed by atoms with Crippen LogP contribution in [-0.4, -0.2) is 48.2 Å². The van der Waals surface area contributed by atoms with Crippen LogP contribution in [0.1, 0.15) is 27.2 Å². The first kappa shape index (κ1) is 22.8. The minimum atomic E-state index is -2.66. The molecule has 0 bridgehead atoms. The van der Waals surface area contributed by atoms with E-state index in [0.29, 0.717) is 0 Å². The third-order valence-electron chi connectivity index (χ3n) is 6.78. The quantitative estimate of drug-likeness (QED) is 0.453. The number of rotatable bonds is 5. The molecular formula is C27H33N5OSi. The topological polar surface area (TPSA) is 68.7 Å². The fourth-order valence-electron chi connectivity index (χ4n) is 5.32. The Morgan fingerprint density at radius 1 is 0.853 bits per heavy atom. The molecule has 5 rings (SSSR count).